The molecule has 5 rings (SSSR count). The molecule has 2 heterocycles. The van der Waals surface area contributed by atoms with Gasteiger partial charge in [-0.15, -0.1) is 0 Å². The third-order valence-electron chi connectivity index (χ3n) is 6.72. The Morgan fingerprint density at radius 2 is 1.81 bits per heavy atom. The fourth-order valence-corrected chi connectivity index (χ4v) is 4.67. The molecule has 2 N–H and O–H groups in total. The smallest absolute Gasteiger partial charge is 0.259 e. The van der Waals surface area contributed by atoms with Crippen LogP contribution < -0.4 is 10.2 Å². The van der Waals surface area contributed by atoms with Gasteiger partial charge in [-0.2, -0.15) is 5.26 Å². The molecule has 0 radical (unpaired) electrons. The Morgan fingerprint density at radius 3 is 2.58 bits per heavy atom. The highest BCUT2D eigenvalue weighted by Gasteiger charge is 2.23. The number of aromatic nitrogens is 1. The summed E-state index contributed by atoms with van der Waals surface area (Å²) in [7, 11) is 0. The van der Waals surface area contributed by atoms with E-state index in [0.717, 1.165) is 59.6 Å². The summed E-state index contributed by atoms with van der Waals surface area (Å²) in [6.07, 6.45) is 1.66. The Hall–Kier alpha value is -4.41. The van der Waals surface area contributed by atoms with Crippen LogP contribution in [0.25, 0.3) is 10.8 Å². The fourth-order valence-electron chi connectivity index (χ4n) is 4.67. The molecule has 7 nitrogen and oxygen atoms in total. The Bertz CT molecular complexity index is 1470. The third-order valence-corrected chi connectivity index (χ3v) is 6.72. The van der Waals surface area contributed by atoms with Crippen LogP contribution >= 0.6 is 0 Å². The maximum atomic E-state index is 13.2. The molecule has 4 aromatic rings. The minimum absolute atomic E-state index is 0.0191. The predicted molar refractivity (Wildman–Crippen MR) is 141 cm³/mol. The molecule has 1 fully saturated rings. The second-order valence-electron chi connectivity index (χ2n) is 9.02. The first-order valence-electron chi connectivity index (χ1n) is 12.0. The van der Waals surface area contributed by atoms with E-state index < -0.39 is 0 Å². The van der Waals surface area contributed by atoms with Crippen LogP contribution in [-0.4, -0.2) is 47.1 Å². The van der Waals surface area contributed by atoms with Gasteiger partial charge in [-0.3, -0.25) is 9.69 Å². The number of amides is 1. The van der Waals surface area contributed by atoms with E-state index in [1.54, 1.807) is 18.3 Å². The number of fused-ring (bicyclic) bond motifs is 1. The summed E-state index contributed by atoms with van der Waals surface area (Å²) in [6, 6.07) is 22.9. The number of carbonyl (C=O) groups excluding carboxylic acids is 1. The Morgan fingerprint density at radius 1 is 1.06 bits per heavy atom. The molecular formula is C29H27N5O2. The highest BCUT2D eigenvalue weighted by atomic mass is 16.3. The molecule has 0 aliphatic carbocycles. The van der Waals surface area contributed by atoms with E-state index in [0.29, 0.717) is 12.1 Å². The van der Waals surface area contributed by atoms with Crippen molar-refractivity contribution >= 4 is 28.2 Å². The zero-order chi connectivity index (χ0) is 25.1. The second-order valence-corrected chi connectivity index (χ2v) is 9.02. The number of phenols is 1. The number of nitriles is 1. The molecular weight excluding hydrogens is 450 g/mol. The minimum atomic E-state index is -0.331. The van der Waals surface area contributed by atoms with Crippen molar-refractivity contribution in [3.05, 3.63) is 95.2 Å². The average molecular weight is 478 g/mol. The number of pyridine rings is 1. The molecule has 7 heteroatoms. The van der Waals surface area contributed by atoms with Gasteiger partial charge < -0.3 is 15.3 Å². The molecule has 36 heavy (non-hydrogen) atoms. The summed E-state index contributed by atoms with van der Waals surface area (Å²) in [5.41, 5.74) is 3.30. The molecule has 1 saturated heterocycles. The maximum Gasteiger partial charge on any atom is 0.259 e. The van der Waals surface area contributed by atoms with E-state index in [4.69, 9.17) is 0 Å². The molecule has 0 unspecified atom stereocenters. The van der Waals surface area contributed by atoms with Crippen molar-refractivity contribution in [2.75, 3.05) is 36.4 Å². The zero-order valence-electron chi connectivity index (χ0n) is 20.1. The lowest BCUT2D eigenvalue weighted by atomic mass is 9.98. The molecule has 0 atom stereocenters. The molecule has 0 saturated carbocycles. The van der Waals surface area contributed by atoms with Crippen LogP contribution in [0.3, 0.4) is 0 Å². The van der Waals surface area contributed by atoms with Gasteiger partial charge in [0.05, 0.1) is 17.2 Å². The lowest BCUT2D eigenvalue weighted by Crippen LogP contribution is -2.46. The highest BCUT2D eigenvalue weighted by molar-refractivity contribution is 6.09. The number of nitrogens with zero attached hydrogens (tertiary/aromatic N) is 4. The number of phenolic OH excluding ortho intramolecular Hbond substituents is 1. The quantitative estimate of drug-likeness (QED) is 0.433. The normalized spacial score (nSPS) is 13.9. The monoisotopic (exact) mass is 477 g/mol. The molecule has 0 bridgehead atoms. The molecule has 1 aromatic heterocycles. The Balaban J connectivity index is 1.38. The van der Waals surface area contributed by atoms with Gasteiger partial charge in [0, 0.05) is 50.2 Å². The van der Waals surface area contributed by atoms with Crippen molar-refractivity contribution in [3.8, 4) is 11.8 Å². The summed E-state index contributed by atoms with van der Waals surface area (Å²) < 4.78 is 0. The van der Waals surface area contributed by atoms with Gasteiger partial charge in [0.1, 0.15) is 11.6 Å². The number of anilines is 2. The number of aryl methyl sites for hydroxylation is 1. The van der Waals surface area contributed by atoms with E-state index in [9.17, 15) is 15.2 Å². The van der Waals surface area contributed by atoms with E-state index in [1.165, 1.54) is 0 Å². The first kappa shape index (κ1) is 23.3. The second kappa shape index (κ2) is 10.1. The van der Waals surface area contributed by atoms with Gasteiger partial charge in [-0.05, 0) is 47.5 Å². The van der Waals surface area contributed by atoms with E-state index in [1.807, 2.05) is 61.5 Å². The van der Waals surface area contributed by atoms with Gasteiger partial charge in [0.15, 0.2) is 0 Å². The fraction of sp³-hybridized carbons (Fsp3) is 0.207. The number of para-hydroxylation sites is 1. The first-order chi connectivity index (χ1) is 17.5. The summed E-state index contributed by atoms with van der Waals surface area (Å²) in [5, 5.41) is 25.3. The van der Waals surface area contributed by atoms with Crippen molar-refractivity contribution in [2.24, 2.45) is 0 Å². The standard InChI is InChI=1S/C29H27N5O2/c1-20-6-2-5-9-26(20)32-29(36)24-17-22-7-3-4-8-23(22)25(28(24)35)19-33-12-14-34(15-13-33)27-16-21(18-30)10-11-31-27/h2-11,16-17,35H,12-15,19H2,1H3,(H,32,36). The van der Waals surface area contributed by atoms with Crippen molar-refractivity contribution < 1.29 is 9.90 Å². The van der Waals surface area contributed by atoms with Gasteiger partial charge in [-0.25, -0.2) is 4.98 Å². The van der Waals surface area contributed by atoms with Crippen molar-refractivity contribution in [2.45, 2.75) is 13.5 Å². The summed E-state index contributed by atoms with van der Waals surface area (Å²) in [4.78, 5) is 22.1. The molecule has 3 aromatic carbocycles. The topological polar surface area (TPSA) is 92.5 Å². The molecule has 1 aliphatic heterocycles. The molecule has 1 amide bonds. The molecule has 180 valence electrons. The Labute approximate surface area is 210 Å². The van der Waals surface area contributed by atoms with E-state index in [2.05, 4.69) is 26.2 Å². The minimum Gasteiger partial charge on any atom is -0.507 e. The van der Waals surface area contributed by atoms with Crippen LogP contribution in [0, 0.1) is 18.3 Å². The largest absolute Gasteiger partial charge is 0.507 e. The molecule has 0 spiro atoms. The van der Waals surface area contributed by atoms with Gasteiger partial charge in [0.2, 0.25) is 0 Å². The SMILES string of the molecule is Cc1ccccc1NC(=O)c1cc2ccccc2c(CN2CCN(c3cc(C#N)ccn3)CC2)c1O. The van der Waals surface area contributed by atoms with Crippen LogP contribution in [0.1, 0.15) is 27.0 Å². The number of aromatic hydroxyl groups is 1. The van der Waals surface area contributed by atoms with E-state index in [-0.39, 0.29) is 17.2 Å². The number of piperazine rings is 1. The Kier molecular flexibility index (Phi) is 6.52. The van der Waals surface area contributed by atoms with Crippen molar-refractivity contribution in [1.29, 1.82) is 5.26 Å². The van der Waals surface area contributed by atoms with Crippen LogP contribution in [0.4, 0.5) is 11.5 Å². The summed E-state index contributed by atoms with van der Waals surface area (Å²) in [6.45, 7) is 5.52. The van der Waals surface area contributed by atoms with Gasteiger partial charge in [0.25, 0.3) is 5.91 Å². The lowest BCUT2D eigenvalue weighted by Gasteiger charge is -2.35. The number of carbonyl (C=O) groups is 1. The highest BCUT2D eigenvalue weighted by Crippen LogP contribution is 2.33. The number of benzene rings is 3. The predicted octanol–water partition coefficient (Wildman–Crippen LogP) is 4.70. The maximum absolute atomic E-state index is 13.2. The number of hydrogen-bond donors (Lipinski definition) is 2. The summed E-state index contributed by atoms with van der Waals surface area (Å²) in [5.74, 6) is 0.490. The zero-order valence-corrected chi connectivity index (χ0v) is 20.1. The number of nitrogens with one attached hydrogen (secondary N) is 1. The van der Waals surface area contributed by atoms with Gasteiger partial charge in [-0.1, -0.05) is 42.5 Å². The third kappa shape index (κ3) is 4.72. The van der Waals surface area contributed by atoms with E-state index >= 15 is 0 Å². The average Bonchev–Trinajstić information content (AvgIpc) is 2.91. The lowest BCUT2D eigenvalue weighted by molar-refractivity contribution is 0.102. The van der Waals surface area contributed by atoms with Crippen molar-refractivity contribution in [3.63, 3.8) is 0 Å². The van der Waals surface area contributed by atoms with Gasteiger partial charge >= 0.3 is 0 Å². The van der Waals surface area contributed by atoms with Crippen LogP contribution in [0.2, 0.25) is 0 Å². The van der Waals surface area contributed by atoms with Crippen LogP contribution in [0.15, 0.2) is 72.9 Å². The number of hydrogen-bond acceptors (Lipinski definition) is 6. The van der Waals surface area contributed by atoms with Crippen LogP contribution in [0.5, 0.6) is 5.75 Å². The summed E-state index contributed by atoms with van der Waals surface area (Å²) >= 11 is 0. The number of rotatable bonds is 5. The van der Waals surface area contributed by atoms with Crippen LogP contribution in [-0.2, 0) is 6.54 Å². The van der Waals surface area contributed by atoms with Crippen molar-refractivity contribution in [1.82, 2.24) is 9.88 Å². The molecule has 1 aliphatic rings. The first-order valence-corrected chi connectivity index (χ1v) is 12.0.